The predicted octanol–water partition coefficient (Wildman–Crippen LogP) is 4.09. The molecule has 0 nitrogen and oxygen atoms in total. The molecule has 1 atom stereocenters. The maximum Gasteiger partial charge on any atom is 0.128 e. The van der Waals surface area contributed by atoms with Gasteiger partial charge in [-0.3, -0.25) is 0 Å². The monoisotopic (exact) mass is 319 g/mol. The van der Waals surface area contributed by atoms with E-state index in [1.165, 1.54) is 10.4 Å². The molecule has 0 aliphatic heterocycles. The second kappa shape index (κ2) is 6.92. The minimum Gasteiger partial charge on any atom is -0.207 e. The normalized spacial score (nSPS) is 12.3. The van der Waals surface area contributed by atoms with Gasteiger partial charge in [-0.25, -0.2) is 4.39 Å². The van der Waals surface area contributed by atoms with Crippen LogP contribution in [0.15, 0.2) is 78.9 Å². The fourth-order valence-electron chi connectivity index (χ4n) is 3.15. The third-order valence-corrected chi connectivity index (χ3v) is 7.47. The standard InChI is InChI=1S/C21H20FSi/c1-16-20(14-9-15-21(16)22)17(2)23(18-10-5-3-6-11-18)19-12-7-4-8-13-19/h3-15,17H,1-2H3. The maximum atomic E-state index is 14.0. The summed E-state index contributed by atoms with van der Waals surface area (Å²) in [6, 6.07) is 26.7. The van der Waals surface area contributed by atoms with Crippen LogP contribution in [0.1, 0.15) is 23.6 Å². The molecular weight excluding hydrogens is 299 g/mol. The average Bonchev–Trinajstić information content (AvgIpc) is 2.59. The Bertz CT molecular complexity index is 729. The molecule has 0 N–H and O–H groups in total. The van der Waals surface area contributed by atoms with Crippen molar-refractivity contribution in [2.45, 2.75) is 19.4 Å². The Hall–Kier alpha value is -2.19. The van der Waals surface area contributed by atoms with Crippen LogP contribution in [-0.2, 0) is 0 Å². The molecule has 0 saturated heterocycles. The molecule has 0 spiro atoms. The minimum absolute atomic E-state index is 0.114. The van der Waals surface area contributed by atoms with E-state index in [0.717, 1.165) is 11.1 Å². The van der Waals surface area contributed by atoms with Crippen LogP contribution < -0.4 is 10.4 Å². The van der Waals surface area contributed by atoms with Crippen LogP contribution in [0.25, 0.3) is 0 Å². The van der Waals surface area contributed by atoms with Crippen molar-refractivity contribution < 1.29 is 4.39 Å². The van der Waals surface area contributed by atoms with Crippen LogP contribution in [0, 0.1) is 12.7 Å². The van der Waals surface area contributed by atoms with Crippen LogP contribution in [0.2, 0.25) is 0 Å². The van der Waals surface area contributed by atoms with E-state index in [4.69, 9.17) is 0 Å². The number of rotatable bonds is 4. The topological polar surface area (TPSA) is 0 Å². The molecule has 0 bridgehead atoms. The van der Waals surface area contributed by atoms with Crippen molar-refractivity contribution in [2.75, 3.05) is 0 Å². The van der Waals surface area contributed by atoms with Gasteiger partial charge in [0.25, 0.3) is 0 Å². The summed E-state index contributed by atoms with van der Waals surface area (Å²) < 4.78 is 14.0. The second-order valence-electron chi connectivity index (χ2n) is 5.82. The van der Waals surface area contributed by atoms with E-state index in [9.17, 15) is 4.39 Å². The van der Waals surface area contributed by atoms with Crippen molar-refractivity contribution in [1.29, 1.82) is 0 Å². The fraction of sp³-hybridized carbons (Fsp3) is 0.143. The molecular formula is C21H20FSi. The summed E-state index contributed by atoms with van der Waals surface area (Å²) in [7, 11) is -1.04. The number of benzene rings is 3. The second-order valence-corrected chi connectivity index (χ2v) is 8.67. The van der Waals surface area contributed by atoms with Gasteiger partial charge in [-0.2, -0.15) is 0 Å². The highest BCUT2D eigenvalue weighted by Gasteiger charge is 2.26. The molecule has 1 unspecified atom stereocenters. The van der Waals surface area contributed by atoms with Crippen LogP contribution in [0.5, 0.6) is 0 Å². The van der Waals surface area contributed by atoms with E-state index in [1.807, 2.05) is 25.1 Å². The van der Waals surface area contributed by atoms with Gasteiger partial charge in [0.2, 0.25) is 0 Å². The molecule has 0 heterocycles. The van der Waals surface area contributed by atoms with Crippen molar-refractivity contribution in [2.24, 2.45) is 0 Å². The third kappa shape index (κ3) is 3.27. The maximum absolute atomic E-state index is 14.0. The first kappa shape index (κ1) is 15.7. The van der Waals surface area contributed by atoms with Gasteiger partial charge in [0.05, 0.1) is 0 Å². The van der Waals surface area contributed by atoms with Gasteiger partial charge in [-0.05, 0) is 29.7 Å². The van der Waals surface area contributed by atoms with Crippen LogP contribution in [0.4, 0.5) is 4.39 Å². The first-order valence-electron chi connectivity index (χ1n) is 7.91. The van der Waals surface area contributed by atoms with E-state index in [1.54, 1.807) is 6.07 Å². The van der Waals surface area contributed by atoms with Gasteiger partial charge < -0.3 is 0 Å². The molecule has 0 aliphatic rings. The van der Waals surface area contributed by atoms with E-state index < -0.39 is 8.80 Å². The molecule has 2 heteroatoms. The van der Waals surface area contributed by atoms with E-state index in [0.29, 0.717) is 5.54 Å². The highest BCUT2D eigenvalue weighted by atomic mass is 28.3. The lowest BCUT2D eigenvalue weighted by atomic mass is 10.1. The molecule has 1 radical (unpaired) electrons. The Balaban J connectivity index is 2.10. The molecule has 0 amide bonds. The fourth-order valence-corrected chi connectivity index (χ4v) is 6.21. The van der Waals surface area contributed by atoms with Crippen LogP contribution in [0.3, 0.4) is 0 Å². The molecule has 0 aliphatic carbocycles. The quantitative estimate of drug-likeness (QED) is 0.636. The van der Waals surface area contributed by atoms with Crippen molar-refractivity contribution in [3.63, 3.8) is 0 Å². The summed E-state index contributed by atoms with van der Waals surface area (Å²) in [6.45, 7) is 4.12. The van der Waals surface area contributed by atoms with Crippen molar-refractivity contribution in [1.82, 2.24) is 0 Å². The molecule has 23 heavy (non-hydrogen) atoms. The first-order chi connectivity index (χ1) is 11.2. The predicted molar refractivity (Wildman–Crippen MR) is 97.5 cm³/mol. The Morgan fingerprint density at radius 1 is 0.739 bits per heavy atom. The highest BCUT2D eigenvalue weighted by Crippen LogP contribution is 2.24. The number of halogens is 1. The molecule has 115 valence electrons. The summed E-state index contributed by atoms with van der Waals surface area (Å²) in [5, 5.41) is 2.72. The summed E-state index contributed by atoms with van der Waals surface area (Å²) in [5.41, 5.74) is 2.18. The van der Waals surface area contributed by atoms with Gasteiger partial charge in [-0.15, -0.1) is 0 Å². The average molecular weight is 319 g/mol. The van der Waals surface area contributed by atoms with Gasteiger partial charge in [-0.1, -0.05) is 90.1 Å². The molecule has 3 aromatic carbocycles. The van der Waals surface area contributed by atoms with Crippen molar-refractivity contribution in [3.8, 4) is 0 Å². The lowest BCUT2D eigenvalue weighted by Crippen LogP contribution is -2.46. The Morgan fingerprint density at radius 2 is 1.26 bits per heavy atom. The van der Waals surface area contributed by atoms with Crippen molar-refractivity contribution in [3.05, 3.63) is 95.8 Å². The molecule has 0 fully saturated rings. The Kier molecular flexibility index (Phi) is 4.72. The van der Waals surface area contributed by atoms with Crippen molar-refractivity contribution >= 4 is 19.2 Å². The highest BCUT2D eigenvalue weighted by molar-refractivity contribution is 6.86. The minimum atomic E-state index is -1.04. The van der Waals surface area contributed by atoms with E-state index >= 15 is 0 Å². The van der Waals surface area contributed by atoms with Gasteiger partial charge >= 0.3 is 0 Å². The van der Waals surface area contributed by atoms with Gasteiger partial charge in [0.15, 0.2) is 0 Å². The zero-order chi connectivity index (χ0) is 16.2. The molecule has 0 aromatic heterocycles. The Labute approximate surface area is 139 Å². The lowest BCUT2D eigenvalue weighted by Gasteiger charge is -2.25. The van der Waals surface area contributed by atoms with Gasteiger partial charge in [0.1, 0.15) is 14.6 Å². The van der Waals surface area contributed by atoms with Crippen LogP contribution in [-0.4, -0.2) is 8.80 Å². The smallest absolute Gasteiger partial charge is 0.128 e. The molecule has 3 aromatic rings. The third-order valence-electron chi connectivity index (χ3n) is 4.38. The van der Waals surface area contributed by atoms with E-state index in [2.05, 4.69) is 61.5 Å². The molecule has 3 rings (SSSR count). The zero-order valence-corrected chi connectivity index (χ0v) is 14.5. The summed E-state index contributed by atoms with van der Waals surface area (Å²) in [6.07, 6.45) is 0. The largest absolute Gasteiger partial charge is 0.207 e. The lowest BCUT2D eigenvalue weighted by molar-refractivity contribution is 0.615. The summed E-state index contributed by atoms with van der Waals surface area (Å²) in [5.74, 6) is -0.114. The van der Waals surface area contributed by atoms with Crippen LogP contribution >= 0.6 is 0 Å². The van der Waals surface area contributed by atoms with E-state index in [-0.39, 0.29) is 5.82 Å². The van der Waals surface area contributed by atoms with Gasteiger partial charge in [0, 0.05) is 0 Å². The molecule has 0 saturated carbocycles. The number of hydrogen-bond donors (Lipinski definition) is 0. The summed E-state index contributed by atoms with van der Waals surface area (Å²) in [4.78, 5) is 0. The Morgan fingerprint density at radius 3 is 1.78 bits per heavy atom. The zero-order valence-electron chi connectivity index (χ0n) is 13.5. The SMILES string of the molecule is Cc1c(F)cccc1C(C)[Si](c1ccccc1)c1ccccc1. The number of hydrogen-bond acceptors (Lipinski definition) is 0. The first-order valence-corrected chi connectivity index (χ1v) is 9.49. The summed E-state index contributed by atoms with van der Waals surface area (Å²) >= 11 is 0.